The molecule has 114 valence electrons. The van der Waals surface area contributed by atoms with Crippen molar-refractivity contribution in [3.63, 3.8) is 0 Å². The van der Waals surface area contributed by atoms with Gasteiger partial charge in [-0.05, 0) is 57.5 Å². The number of nitrogens with zero attached hydrogens (tertiary/aromatic N) is 1. The third-order valence-electron chi connectivity index (χ3n) is 4.27. The van der Waals surface area contributed by atoms with Gasteiger partial charge in [-0.3, -0.25) is 0 Å². The van der Waals surface area contributed by atoms with Crippen molar-refractivity contribution in [2.24, 2.45) is 0 Å². The highest BCUT2D eigenvalue weighted by Crippen LogP contribution is 2.20. The Kier molecular flexibility index (Phi) is 7.17. The highest BCUT2D eigenvalue weighted by molar-refractivity contribution is 5.25. The quantitative estimate of drug-likeness (QED) is 0.777. The second-order valence-corrected chi connectivity index (χ2v) is 5.52. The zero-order valence-corrected chi connectivity index (χ0v) is 13.5. The van der Waals surface area contributed by atoms with Crippen LogP contribution in [-0.2, 0) is 0 Å². The summed E-state index contributed by atoms with van der Waals surface area (Å²) in [5, 5.41) is 3.31. The van der Waals surface area contributed by atoms with Crippen LogP contribution >= 0.6 is 0 Å². The Morgan fingerprint density at radius 1 is 1.30 bits per heavy atom. The number of rotatable bonds is 8. The van der Waals surface area contributed by atoms with E-state index in [2.05, 4.69) is 31.0 Å². The summed E-state index contributed by atoms with van der Waals surface area (Å²) in [5.74, 6) is -0.114. The van der Waals surface area contributed by atoms with Gasteiger partial charge in [-0.15, -0.1) is 0 Å². The third kappa shape index (κ3) is 4.57. The lowest BCUT2D eigenvalue weighted by molar-refractivity contribution is 0.204. The summed E-state index contributed by atoms with van der Waals surface area (Å²) in [4.78, 5) is 2.48. The van der Waals surface area contributed by atoms with Crippen LogP contribution < -0.4 is 5.32 Å². The first-order chi connectivity index (χ1) is 9.53. The van der Waals surface area contributed by atoms with Gasteiger partial charge in [-0.1, -0.05) is 26.0 Å². The first-order valence-corrected chi connectivity index (χ1v) is 7.70. The van der Waals surface area contributed by atoms with Gasteiger partial charge in [0.25, 0.3) is 0 Å². The molecule has 1 N–H and O–H groups in total. The Bertz CT molecular complexity index is 406. The molecule has 20 heavy (non-hydrogen) atoms. The normalized spacial score (nSPS) is 14.6. The molecule has 1 rings (SSSR count). The van der Waals surface area contributed by atoms with Gasteiger partial charge >= 0.3 is 0 Å². The van der Waals surface area contributed by atoms with E-state index in [4.69, 9.17) is 0 Å². The monoisotopic (exact) mass is 280 g/mol. The molecule has 0 saturated heterocycles. The average molecular weight is 280 g/mol. The lowest BCUT2D eigenvalue weighted by Gasteiger charge is -2.29. The Morgan fingerprint density at radius 2 is 2.00 bits per heavy atom. The molecule has 0 aromatic heterocycles. The van der Waals surface area contributed by atoms with Crippen molar-refractivity contribution in [3.05, 3.63) is 35.1 Å². The summed E-state index contributed by atoms with van der Waals surface area (Å²) >= 11 is 0. The fourth-order valence-corrected chi connectivity index (χ4v) is 2.55. The van der Waals surface area contributed by atoms with Crippen LogP contribution in [0, 0.1) is 12.7 Å². The van der Waals surface area contributed by atoms with Crippen molar-refractivity contribution in [1.29, 1.82) is 0 Å². The maximum atomic E-state index is 13.7. The molecule has 2 atom stereocenters. The van der Waals surface area contributed by atoms with Gasteiger partial charge in [0.05, 0.1) is 0 Å². The molecule has 1 aromatic rings. The number of hydrogen-bond donors (Lipinski definition) is 1. The summed E-state index contributed by atoms with van der Waals surface area (Å²) in [7, 11) is 1.95. The smallest absolute Gasteiger partial charge is 0.126 e. The summed E-state index contributed by atoms with van der Waals surface area (Å²) in [6.45, 7) is 10.6. The lowest BCUT2D eigenvalue weighted by atomic mass is 10.0. The lowest BCUT2D eigenvalue weighted by Crippen LogP contribution is -2.35. The van der Waals surface area contributed by atoms with Crippen molar-refractivity contribution >= 4 is 0 Å². The van der Waals surface area contributed by atoms with Crippen LogP contribution in [0.25, 0.3) is 0 Å². The van der Waals surface area contributed by atoms with E-state index in [1.807, 2.05) is 19.2 Å². The molecule has 0 aliphatic heterocycles. The van der Waals surface area contributed by atoms with Crippen molar-refractivity contribution in [3.8, 4) is 0 Å². The Hall–Kier alpha value is -0.930. The molecule has 1 aromatic carbocycles. The minimum absolute atomic E-state index is 0.114. The number of nitrogens with one attached hydrogen (secondary N) is 1. The second-order valence-electron chi connectivity index (χ2n) is 5.52. The van der Waals surface area contributed by atoms with E-state index in [9.17, 15) is 4.39 Å². The van der Waals surface area contributed by atoms with E-state index >= 15 is 0 Å². The van der Waals surface area contributed by atoms with Crippen LogP contribution in [-0.4, -0.2) is 31.1 Å². The molecular weight excluding hydrogens is 251 g/mol. The first-order valence-electron chi connectivity index (χ1n) is 7.70. The topological polar surface area (TPSA) is 15.3 Å². The van der Waals surface area contributed by atoms with Gasteiger partial charge in [0, 0.05) is 18.6 Å². The predicted molar refractivity (Wildman–Crippen MR) is 84.6 cm³/mol. The first kappa shape index (κ1) is 17.1. The molecule has 0 heterocycles. The van der Waals surface area contributed by atoms with Crippen molar-refractivity contribution < 1.29 is 4.39 Å². The summed E-state index contributed by atoms with van der Waals surface area (Å²) in [6, 6.07) is 6.37. The molecule has 0 radical (unpaired) electrons. The fraction of sp³-hybridized carbons (Fsp3) is 0.647. The van der Waals surface area contributed by atoms with E-state index in [0.29, 0.717) is 11.6 Å². The Morgan fingerprint density at radius 3 is 2.50 bits per heavy atom. The van der Waals surface area contributed by atoms with Crippen LogP contribution in [0.5, 0.6) is 0 Å². The van der Waals surface area contributed by atoms with Crippen LogP contribution in [0.1, 0.15) is 50.8 Å². The van der Waals surface area contributed by atoms with E-state index in [0.717, 1.165) is 31.5 Å². The maximum absolute atomic E-state index is 13.7. The predicted octanol–water partition coefficient (Wildman–Crippen LogP) is 3.91. The average Bonchev–Trinajstić information content (AvgIpc) is 2.46. The van der Waals surface area contributed by atoms with Crippen molar-refractivity contribution in [2.45, 2.75) is 52.6 Å². The van der Waals surface area contributed by atoms with Gasteiger partial charge in [0.2, 0.25) is 0 Å². The van der Waals surface area contributed by atoms with Crippen molar-refractivity contribution in [2.75, 3.05) is 20.1 Å². The highest BCUT2D eigenvalue weighted by atomic mass is 19.1. The second kappa shape index (κ2) is 8.38. The highest BCUT2D eigenvalue weighted by Gasteiger charge is 2.15. The number of hydrogen-bond acceptors (Lipinski definition) is 2. The SMILES string of the molecule is CCC(C)N(CC)CCC(NC)c1ccc(C)c(F)c1. The molecule has 0 aliphatic carbocycles. The van der Waals surface area contributed by atoms with E-state index in [1.165, 1.54) is 0 Å². The third-order valence-corrected chi connectivity index (χ3v) is 4.27. The fourth-order valence-electron chi connectivity index (χ4n) is 2.55. The molecule has 0 spiro atoms. The molecule has 0 fully saturated rings. The Labute approximate surface area is 123 Å². The molecule has 0 saturated carbocycles. The van der Waals surface area contributed by atoms with E-state index in [1.54, 1.807) is 13.0 Å². The summed E-state index contributed by atoms with van der Waals surface area (Å²) < 4.78 is 13.7. The van der Waals surface area contributed by atoms with Crippen molar-refractivity contribution in [1.82, 2.24) is 10.2 Å². The minimum atomic E-state index is -0.114. The van der Waals surface area contributed by atoms with E-state index in [-0.39, 0.29) is 11.9 Å². The van der Waals surface area contributed by atoms with Gasteiger partial charge in [-0.25, -0.2) is 4.39 Å². The summed E-state index contributed by atoms with van der Waals surface area (Å²) in [5.41, 5.74) is 1.74. The van der Waals surface area contributed by atoms with Crippen LogP contribution in [0.15, 0.2) is 18.2 Å². The molecule has 0 amide bonds. The van der Waals surface area contributed by atoms with Gasteiger partial charge < -0.3 is 10.2 Å². The largest absolute Gasteiger partial charge is 0.313 e. The Balaban J connectivity index is 2.69. The summed E-state index contributed by atoms with van der Waals surface area (Å²) in [6.07, 6.45) is 2.16. The molecular formula is C17H29FN2. The molecule has 0 bridgehead atoms. The number of benzene rings is 1. The van der Waals surface area contributed by atoms with Crippen LogP contribution in [0.3, 0.4) is 0 Å². The molecule has 3 heteroatoms. The maximum Gasteiger partial charge on any atom is 0.126 e. The number of aryl methyl sites for hydroxylation is 1. The zero-order valence-electron chi connectivity index (χ0n) is 13.5. The van der Waals surface area contributed by atoms with E-state index < -0.39 is 0 Å². The molecule has 2 nitrogen and oxygen atoms in total. The van der Waals surface area contributed by atoms with Gasteiger partial charge in [-0.2, -0.15) is 0 Å². The van der Waals surface area contributed by atoms with Gasteiger partial charge in [0.15, 0.2) is 0 Å². The standard InChI is InChI=1S/C17H29FN2/c1-6-14(4)20(7-2)11-10-17(19-5)15-9-8-13(3)16(18)12-15/h8-9,12,14,17,19H,6-7,10-11H2,1-5H3. The van der Waals surface area contributed by atoms with Gasteiger partial charge in [0.1, 0.15) is 5.82 Å². The number of halogens is 1. The minimum Gasteiger partial charge on any atom is -0.313 e. The van der Waals surface area contributed by atoms with Crippen LogP contribution in [0.2, 0.25) is 0 Å². The molecule has 0 aliphatic rings. The zero-order chi connectivity index (χ0) is 15.1. The molecule has 2 unspecified atom stereocenters. The van der Waals surface area contributed by atoms with Crippen LogP contribution in [0.4, 0.5) is 4.39 Å².